The van der Waals surface area contributed by atoms with Crippen molar-refractivity contribution < 1.29 is 18.7 Å². The van der Waals surface area contributed by atoms with Crippen LogP contribution in [0.3, 0.4) is 0 Å². The Morgan fingerprint density at radius 3 is 2.26 bits per heavy atom. The first kappa shape index (κ1) is 19.1. The monoisotopic (exact) mass is 369 g/mol. The molecule has 0 spiro atoms. The topological polar surface area (TPSA) is 46.6 Å². The number of piperidine rings is 1. The molecular formula is C22H24FNO3. The molecule has 1 aliphatic rings. The minimum absolute atomic E-state index is 0.0421. The highest BCUT2D eigenvalue weighted by atomic mass is 19.1. The third-order valence-corrected chi connectivity index (χ3v) is 5.13. The molecule has 0 aromatic heterocycles. The zero-order chi connectivity index (χ0) is 19.2. The van der Waals surface area contributed by atoms with Gasteiger partial charge in [-0.2, -0.15) is 0 Å². The lowest BCUT2D eigenvalue weighted by atomic mass is 9.88. The van der Waals surface area contributed by atoms with Crippen molar-refractivity contribution in [2.75, 3.05) is 20.2 Å². The molecule has 5 heteroatoms. The Morgan fingerprint density at radius 1 is 1.04 bits per heavy atom. The molecule has 27 heavy (non-hydrogen) atoms. The van der Waals surface area contributed by atoms with Crippen LogP contribution in [-0.4, -0.2) is 36.8 Å². The summed E-state index contributed by atoms with van der Waals surface area (Å²) in [7, 11) is 1.60. The van der Waals surface area contributed by atoms with Gasteiger partial charge < -0.3 is 9.64 Å². The number of carbonyl (C=O) groups is 2. The number of carbonyl (C=O) groups excluding carboxylic acids is 2. The summed E-state index contributed by atoms with van der Waals surface area (Å²) in [6, 6.07) is 13.4. The van der Waals surface area contributed by atoms with Crippen LogP contribution in [-0.2, 0) is 11.2 Å². The van der Waals surface area contributed by atoms with Gasteiger partial charge in [0.05, 0.1) is 7.11 Å². The second kappa shape index (κ2) is 8.80. The molecule has 0 saturated carbocycles. The summed E-state index contributed by atoms with van der Waals surface area (Å²) in [6.45, 7) is 1.21. The second-order valence-electron chi connectivity index (χ2n) is 6.87. The van der Waals surface area contributed by atoms with Crippen LogP contribution >= 0.6 is 0 Å². The lowest BCUT2D eigenvalue weighted by Gasteiger charge is -2.31. The Balaban J connectivity index is 1.48. The lowest BCUT2D eigenvalue weighted by molar-refractivity contribution is -0.132. The SMILES string of the molecule is COc1ccc(C(=O)C2CCN(C(=O)CCc3ccc(F)cc3)CC2)cc1. The van der Waals surface area contributed by atoms with E-state index >= 15 is 0 Å². The zero-order valence-electron chi connectivity index (χ0n) is 15.5. The molecule has 1 heterocycles. The van der Waals surface area contributed by atoms with Crippen LogP contribution in [0.2, 0.25) is 0 Å². The maximum atomic E-state index is 12.9. The molecule has 4 nitrogen and oxygen atoms in total. The van der Waals surface area contributed by atoms with Crippen LogP contribution in [0, 0.1) is 11.7 Å². The van der Waals surface area contributed by atoms with Gasteiger partial charge in [-0.05, 0) is 61.2 Å². The lowest BCUT2D eigenvalue weighted by Crippen LogP contribution is -2.40. The average molecular weight is 369 g/mol. The Bertz CT molecular complexity index is 778. The Kier molecular flexibility index (Phi) is 6.22. The maximum Gasteiger partial charge on any atom is 0.222 e. The molecule has 1 saturated heterocycles. The highest BCUT2D eigenvalue weighted by Crippen LogP contribution is 2.23. The number of nitrogens with zero attached hydrogens (tertiary/aromatic N) is 1. The average Bonchev–Trinajstić information content (AvgIpc) is 2.73. The van der Waals surface area contributed by atoms with Crippen LogP contribution in [0.5, 0.6) is 5.75 Å². The normalized spacial score (nSPS) is 14.8. The van der Waals surface area contributed by atoms with Gasteiger partial charge >= 0.3 is 0 Å². The van der Waals surface area contributed by atoms with Crippen molar-refractivity contribution in [2.24, 2.45) is 5.92 Å². The van der Waals surface area contributed by atoms with E-state index in [-0.39, 0.29) is 23.4 Å². The molecule has 0 atom stereocenters. The highest BCUT2D eigenvalue weighted by molar-refractivity contribution is 5.98. The van der Waals surface area contributed by atoms with Crippen LogP contribution in [0.15, 0.2) is 48.5 Å². The minimum Gasteiger partial charge on any atom is -0.497 e. The number of aryl methyl sites for hydroxylation is 1. The van der Waals surface area contributed by atoms with Gasteiger partial charge in [-0.3, -0.25) is 9.59 Å². The molecule has 0 radical (unpaired) electrons. The number of rotatable bonds is 6. The van der Waals surface area contributed by atoms with Gasteiger partial charge in [-0.1, -0.05) is 12.1 Å². The first-order chi connectivity index (χ1) is 13.1. The van der Waals surface area contributed by atoms with Gasteiger partial charge in [0.2, 0.25) is 5.91 Å². The van der Waals surface area contributed by atoms with Crippen molar-refractivity contribution in [3.63, 3.8) is 0 Å². The van der Waals surface area contributed by atoms with Crippen molar-refractivity contribution in [2.45, 2.75) is 25.7 Å². The number of methoxy groups -OCH3 is 1. The van der Waals surface area contributed by atoms with Crippen LogP contribution in [0.1, 0.15) is 35.2 Å². The number of ether oxygens (including phenoxy) is 1. The molecule has 142 valence electrons. The van der Waals surface area contributed by atoms with Crippen molar-refractivity contribution >= 4 is 11.7 Å². The Labute approximate surface area is 158 Å². The molecule has 1 aliphatic heterocycles. The first-order valence-electron chi connectivity index (χ1n) is 9.27. The third-order valence-electron chi connectivity index (χ3n) is 5.13. The zero-order valence-corrected chi connectivity index (χ0v) is 15.5. The summed E-state index contributed by atoms with van der Waals surface area (Å²) < 4.78 is 18.1. The van der Waals surface area contributed by atoms with E-state index in [4.69, 9.17) is 4.74 Å². The quantitative estimate of drug-likeness (QED) is 0.726. The van der Waals surface area contributed by atoms with E-state index in [9.17, 15) is 14.0 Å². The number of hydrogen-bond acceptors (Lipinski definition) is 3. The second-order valence-corrected chi connectivity index (χ2v) is 6.87. The number of hydrogen-bond donors (Lipinski definition) is 0. The van der Waals surface area contributed by atoms with E-state index in [1.807, 2.05) is 4.90 Å². The van der Waals surface area contributed by atoms with Crippen molar-refractivity contribution in [3.8, 4) is 5.75 Å². The molecule has 0 bridgehead atoms. The van der Waals surface area contributed by atoms with E-state index in [0.29, 0.717) is 44.3 Å². The van der Waals surface area contributed by atoms with Crippen molar-refractivity contribution in [1.29, 1.82) is 0 Å². The van der Waals surface area contributed by atoms with Gasteiger partial charge in [-0.15, -0.1) is 0 Å². The first-order valence-corrected chi connectivity index (χ1v) is 9.27. The number of Topliss-reactive ketones (excluding diaryl/α,β-unsaturated/α-hetero) is 1. The molecule has 2 aromatic rings. The number of likely N-dealkylation sites (tertiary alicyclic amines) is 1. The molecule has 1 amide bonds. The molecule has 2 aromatic carbocycles. The van der Waals surface area contributed by atoms with Gasteiger partial charge in [0.15, 0.2) is 5.78 Å². The summed E-state index contributed by atoms with van der Waals surface area (Å²) in [5.74, 6) is 0.645. The van der Waals surface area contributed by atoms with Crippen LogP contribution < -0.4 is 4.74 Å². The summed E-state index contributed by atoms with van der Waals surface area (Å²) in [5.41, 5.74) is 1.64. The highest BCUT2D eigenvalue weighted by Gasteiger charge is 2.27. The minimum atomic E-state index is -0.270. The maximum absolute atomic E-state index is 12.9. The molecule has 0 aliphatic carbocycles. The van der Waals surface area contributed by atoms with E-state index in [1.165, 1.54) is 12.1 Å². The van der Waals surface area contributed by atoms with Gasteiger partial charge in [-0.25, -0.2) is 4.39 Å². The number of benzene rings is 2. The van der Waals surface area contributed by atoms with Gasteiger partial charge in [0, 0.05) is 31.0 Å². The smallest absolute Gasteiger partial charge is 0.222 e. The fourth-order valence-corrected chi connectivity index (χ4v) is 3.44. The van der Waals surface area contributed by atoms with Crippen LogP contribution in [0.25, 0.3) is 0 Å². The number of amides is 1. The van der Waals surface area contributed by atoms with Gasteiger partial charge in [0.1, 0.15) is 11.6 Å². The fraction of sp³-hybridized carbons (Fsp3) is 0.364. The number of ketones is 1. The van der Waals surface area contributed by atoms with E-state index in [2.05, 4.69) is 0 Å². The molecule has 1 fully saturated rings. The summed E-state index contributed by atoms with van der Waals surface area (Å²) in [5, 5.41) is 0. The van der Waals surface area contributed by atoms with Crippen LogP contribution in [0.4, 0.5) is 4.39 Å². The third kappa shape index (κ3) is 4.94. The van der Waals surface area contributed by atoms with Crippen molar-refractivity contribution in [3.05, 3.63) is 65.5 Å². The molecule has 0 N–H and O–H groups in total. The predicted octanol–water partition coefficient (Wildman–Crippen LogP) is 3.89. The molecule has 0 unspecified atom stereocenters. The van der Waals surface area contributed by atoms with Gasteiger partial charge in [0.25, 0.3) is 0 Å². The fourth-order valence-electron chi connectivity index (χ4n) is 3.44. The van der Waals surface area contributed by atoms with Crippen molar-refractivity contribution in [1.82, 2.24) is 4.90 Å². The Morgan fingerprint density at radius 2 is 1.67 bits per heavy atom. The molecule has 3 rings (SSSR count). The number of halogens is 1. The summed E-state index contributed by atoms with van der Waals surface area (Å²) in [6.07, 6.45) is 2.38. The van der Waals surface area contributed by atoms with E-state index < -0.39 is 0 Å². The predicted molar refractivity (Wildman–Crippen MR) is 101 cm³/mol. The summed E-state index contributed by atoms with van der Waals surface area (Å²) in [4.78, 5) is 26.9. The van der Waals surface area contributed by atoms with E-state index in [0.717, 1.165) is 11.3 Å². The van der Waals surface area contributed by atoms with E-state index in [1.54, 1.807) is 43.5 Å². The standard InChI is InChI=1S/C22H24FNO3/c1-27-20-9-5-17(6-10-20)22(26)18-12-14-24(15-13-18)21(25)11-4-16-2-7-19(23)8-3-16/h2-3,5-10,18H,4,11-15H2,1H3. The summed E-state index contributed by atoms with van der Waals surface area (Å²) >= 11 is 0. The Hall–Kier alpha value is -2.69. The molecular weight excluding hydrogens is 345 g/mol. The largest absolute Gasteiger partial charge is 0.497 e.